The smallest absolute Gasteiger partial charge is 0.217 e. The van der Waals surface area contributed by atoms with Gasteiger partial charge in [-0.3, -0.25) is 0 Å². The molecule has 0 fully saturated rings. The Bertz CT molecular complexity index is 557. The highest BCUT2D eigenvalue weighted by atomic mass is 16.5. The fourth-order valence-electron chi connectivity index (χ4n) is 1.60. The van der Waals surface area contributed by atoms with Crippen LogP contribution in [0.2, 0.25) is 0 Å². The second-order valence-corrected chi connectivity index (χ2v) is 3.65. The molecule has 0 aliphatic rings. The van der Waals surface area contributed by atoms with Crippen LogP contribution in [-0.2, 0) is 13.1 Å². The van der Waals surface area contributed by atoms with Crippen molar-refractivity contribution in [1.82, 2.24) is 10.3 Å². The van der Waals surface area contributed by atoms with Gasteiger partial charge in [-0.1, -0.05) is 6.07 Å². The summed E-state index contributed by atoms with van der Waals surface area (Å²) in [7, 11) is 1.59. The van der Waals surface area contributed by atoms with Crippen LogP contribution in [0.15, 0.2) is 34.9 Å². The molecule has 0 bridgehead atoms. The quantitative estimate of drug-likeness (QED) is 0.867. The number of ether oxygens (including phenoxy) is 1. The first-order valence-electron chi connectivity index (χ1n) is 5.51. The van der Waals surface area contributed by atoms with Crippen molar-refractivity contribution in [3.05, 3.63) is 47.5 Å². The number of furan rings is 1. The van der Waals surface area contributed by atoms with Gasteiger partial charge in [-0.05, 0) is 18.2 Å². The molecule has 0 aromatic carbocycles. The molecule has 0 atom stereocenters. The molecule has 0 unspecified atom stereocenters. The maximum Gasteiger partial charge on any atom is 0.217 e. The minimum absolute atomic E-state index is 0.325. The Balaban J connectivity index is 1.90. The predicted molar refractivity (Wildman–Crippen MR) is 64.8 cm³/mol. The van der Waals surface area contributed by atoms with Gasteiger partial charge in [-0.15, -0.1) is 0 Å². The molecule has 18 heavy (non-hydrogen) atoms. The van der Waals surface area contributed by atoms with E-state index in [4.69, 9.17) is 14.4 Å². The van der Waals surface area contributed by atoms with Gasteiger partial charge in [0.2, 0.25) is 11.6 Å². The van der Waals surface area contributed by atoms with Crippen LogP contribution in [0.25, 0.3) is 0 Å². The number of hydrogen-bond acceptors (Lipinski definition) is 5. The molecule has 2 aromatic heterocycles. The van der Waals surface area contributed by atoms with Crippen molar-refractivity contribution < 1.29 is 9.15 Å². The summed E-state index contributed by atoms with van der Waals surface area (Å²) in [5, 5.41) is 11.8. The minimum atomic E-state index is 0.325. The lowest BCUT2D eigenvalue weighted by molar-refractivity contribution is 0.389. The second-order valence-electron chi connectivity index (χ2n) is 3.65. The van der Waals surface area contributed by atoms with Crippen LogP contribution in [-0.4, -0.2) is 12.1 Å². The average Bonchev–Trinajstić information content (AvgIpc) is 2.87. The molecule has 0 aliphatic carbocycles. The molecule has 0 aliphatic heterocycles. The predicted octanol–water partition coefficient (Wildman–Crippen LogP) is 1.84. The van der Waals surface area contributed by atoms with E-state index in [9.17, 15) is 0 Å². The van der Waals surface area contributed by atoms with Crippen molar-refractivity contribution in [2.24, 2.45) is 0 Å². The van der Waals surface area contributed by atoms with Gasteiger partial charge >= 0.3 is 0 Å². The summed E-state index contributed by atoms with van der Waals surface area (Å²) in [6.07, 6.45) is 1.69. The Labute approximate surface area is 105 Å². The van der Waals surface area contributed by atoms with Crippen molar-refractivity contribution in [2.75, 3.05) is 7.11 Å². The van der Waals surface area contributed by atoms with E-state index in [1.54, 1.807) is 25.4 Å². The van der Waals surface area contributed by atoms with Crippen molar-refractivity contribution in [1.29, 1.82) is 5.26 Å². The molecule has 0 radical (unpaired) electrons. The average molecular weight is 243 g/mol. The highest BCUT2D eigenvalue weighted by Gasteiger charge is 2.04. The molecule has 1 N–H and O–H groups in total. The van der Waals surface area contributed by atoms with E-state index in [1.165, 1.54) is 0 Å². The third-order valence-electron chi connectivity index (χ3n) is 2.43. The fraction of sp³-hybridized carbons (Fsp3) is 0.231. The maximum atomic E-state index is 8.63. The molecular weight excluding hydrogens is 230 g/mol. The molecule has 2 rings (SSSR count). The van der Waals surface area contributed by atoms with Crippen LogP contribution in [0.3, 0.4) is 0 Å². The second kappa shape index (κ2) is 5.84. The van der Waals surface area contributed by atoms with Crippen molar-refractivity contribution >= 4 is 0 Å². The summed E-state index contributed by atoms with van der Waals surface area (Å²) < 4.78 is 10.4. The molecule has 0 amide bonds. The van der Waals surface area contributed by atoms with E-state index < -0.39 is 0 Å². The topological polar surface area (TPSA) is 71.1 Å². The highest BCUT2D eigenvalue weighted by molar-refractivity contribution is 5.25. The number of aromatic nitrogens is 1. The molecular formula is C13H13N3O2. The molecule has 5 nitrogen and oxygen atoms in total. The molecule has 0 saturated heterocycles. The molecule has 5 heteroatoms. The number of rotatable bonds is 5. The number of nitriles is 1. The van der Waals surface area contributed by atoms with E-state index in [-0.39, 0.29) is 0 Å². The Morgan fingerprint density at radius 1 is 1.39 bits per heavy atom. The van der Waals surface area contributed by atoms with Crippen LogP contribution >= 0.6 is 0 Å². The van der Waals surface area contributed by atoms with E-state index in [0.29, 0.717) is 24.7 Å². The summed E-state index contributed by atoms with van der Waals surface area (Å²) in [6.45, 7) is 1.18. The number of pyridine rings is 1. The zero-order chi connectivity index (χ0) is 12.8. The summed E-state index contributed by atoms with van der Waals surface area (Å²) in [4.78, 5) is 4.11. The standard InChI is InChI=1S/C13H13N3O2/c1-17-13-10(3-2-6-16-13)8-15-9-12-5-4-11(7-14)18-12/h2-6,15H,8-9H2,1H3. The first-order valence-corrected chi connectivity index (χ1v) is 5.51. The van der Waals surface area contributed by atoms with E-state index >= 15 is 0 Å². The summed E-state index contributed by atoms with van der Waals surface area (Å²) in [5.74, 6) is 1.67. The zero-order valence-corrected chi connectivity index (χ0v) is 10.0. The summed E-state index contributed by atoms with van der Waals surface area (Å²) in [6, 6.07) is 9.19. The van der Waals surface area contributed by atoms with Gasteiger partial charge in [0.15, 0.2) is 0 Å². The molecule has 0 saturated carbocycles. The van der Waals surface area contributed by atoms with E-state index in [1.807, 2.05) is 18.2 Å². The normalized spacial score (nSPS) is 10.0. The SMILES string of the molecule is COc1ncccc1CNCc1ccc(C#N)o1. The van der Waals surface area contributed by atoms with Gasteiger partial charge in [0, 0.05) is 18.3 Å². The first kappa shape index (κ1) is 12.1. The lowest BCUT2D eigenvalue weighted by Crippen LogP contribution is -2.13. The fourth-order valence-corrected chi connectivity index (χ4v) is 1.60. The van der Waals surface area contributed by atoms with Crippen LogP contribution in [0, 0.1) is 11.3 Å². The van der Waals surface area contributed by atoms with Gasteiger partial charge in [0.25, 0.3) is 0 Å². The van der Waals surface area contributed by atoms with Crippen LogP contribution in [0.5, 0.6) is 5.88 Å². The van der Waals surface area contributed by atoms with Gasteiger partial charge in [0.05, 0.1) is 13.7 Å². The maximum absolute atomic E-state index is 8.63. The Hall–Kier alpha value is -2.32. The zero-order valence-electron chi connectivity index (χ0n) is 10.0. The largest absolute Gasteiger partial charge is 0.481 e. The van der Waals surface area contributed by atoms with Crippen LogP contribution < -0.4 is 10.1 Å². The van der Waals surface area contributed by atoms with Crippen molar-refractivity contribution in [3.8, 4) is 11.9 Å². The number of methoxy groups -OCH3 is 1. The van der Waals surface area contributed by atoms with Gasteiger partial charge in [-0.25, -0.2) is 4.98 Å². The Morgan fingerprint density at radius 2 is 2.28 bits per heavy atom. The van der Waals surface area contributed by atoms with Crippen molar-refractivity contribution in [3.63, 3.8) is 0 Å². The number of nitrogens with zero attached hydrogens (tertiary/aromatic N) is 2. The molecule has 92 valence electrons. The van der Waals surface area contributed by atoms with Crippen LogP contribution in [0.1, 0.15) is 17.1 Å². The van der Waals surface area contributed by atoms with Crippen LogP contribution in [0.4, 0.5) is 0 Å². The lowest BCUT2D eigenvalue weighted by Gasteiger charge is -2.07. The molecule has 0 spiro atoms. The van der Waals surface area contributed by atoms with E-state index in [0.717, 1.165) is 11.3 Å². The number of hydrogen-bond donors (Lipinski definition) is 1. The first-order chi connectivity index (χ1) is 8.83. The third-order valence-corrected chi connectivity index (χ3v) is 2.43. The Morgan fingerprint density at radius 3 is 3.00 bits per heavy atom. The van der Waals surface area contributed by atoms with Gasteiger partial charge in [0.1, 0.15) is 11.8 Å². The van der Waals surface area contributed by atoms with Gasteiger partial charge < -0.3 is 14.5 Å². The molecule has 2 aromatic rings. The van der Waals surface area contributed by atoms with Gasteiger partial charge in [-0.2, -0.15) is 5.26 Å². The molecule has 2 heterocycles. The monoisotopic (exact) mass is 243 g/mol. The Kier molecular flexibility index (Phi) is 3.94. The van der Waals surface area contributed by atoms with Crippen molar-refractivity contribution in [2.45, 2.75) is 13.1 Å². The third kappa shape index (κ3) is 2.87. The number of nitrogens with one attached hydrogen (secondary N) is 1. The minimum Gasteiger partial charge on any atom is -0.481 e. The summed E-state index contributed by atoms with van der Waals surface area (Å²) in [5.41, 5.74) is 0.979. The van der Waals surface area contributed by atoms with E-state index in [2.05, 4.69) is 10.3 Å². The summed E-state index contributed by atoms with van der Waals surface area (Å²) >= 11 is 0. The highest BCUT2D eigenvalue weighted by Crippen LogP contribution is 2.13. The lowest BCUT2D eigenvalue weighted by atomic mass is 10.2.